The highest BCUT2D eigenvalue weighted by Crippen LogP contribution is 2.45. The molecule has 8 bridgehead atoms. The van der Waals surface area contributed by atoms with Crippen molar-refractivity contribution in [3.05, 3.63) is 0 Å². The Morgan fingerprint density at radius 3 is 1.07 bits per heavy atom. The number of hydrogen-bond donors (Lipinski definition) is 9. The molecule has 0 aromatic carbocycles. The standard InChI is InChI=1S/C35H63N9/c1-2-18-36-26-17-9-16-25-27(26)35-43-33-24-15-8-7-14-23(24)31(41-33)39-29-20-11-4-3-10-19(20)28(37-29)38-30-21-12-5-6-13-22(21)32(40-30)42-34(25)44-35/h19-44H,2-18H2,1H3. The molecule has 0 radical (unpaired) electrons. The minimum atomic E-state index is 0.341. The minimum absolute atomic E-state index is 0.341. The third kappa shape index (κ3) is 5.23. The first-order valence-corrected chi connectivity index (χ1v) is 19.6. The predicted molar refractivity (Wildman–Crippen MR) is 175 cm³/mol. The average Bonchev–Trinajstić information content (AvgIpc) is 3.79. The number of fused-ring (bicyclic) bond motifs is 20. The fraction of sp³-hybridized carbons (Fsp3) is 1.00. The highest BCUT2D eigenvalue weighted by molar-refractivity contribution is 5.09. The second kappa shape index (κ2) is 12.6. The Balaban J connectivity index is 1.05. The summed E-state index contributed by atoms with van der Waals surface area (Å²) >= 11 is 0. The highest BCUT2D eigenvalue weighted by atomic mass is 15.4. The van der Waals surface area contributed by atoms with Crippen LogP contribution in [0.3, 0.4) is 0 Å². The zero-order valence-electron chi connectivity index (χ0n) is 27.3. The third-order valence-corrected chi connectivity index (χ3v) is 14.5. The molecule has 9 heteroatoms. The Morgan fingerprint density at radius 2 is 0.705 bits per heavy atom. The molecular weight excluding hydrogens is 546 g/mol. The lowest BCUT2D eigenvalue weighted by molar-refractivity contribution is 0.141. The monoisotopic (exact) mass is 610 g/mol. The largest absolute Gasteiger partial charge is 0.314 e. The van der Waals surface area contributed by atoms with E-state index in [1.54, 1.807) is 0 Å². The van der Waals surface area contributed by atoms with Crippen molar-refractivity contribution >= 4 is 0 Å². The molecule has 9 aliphatic rings. The first-order valence-electron chi connectivity index (χ1n) is 19.6. The van der Waals surface area contributed by atoms with Gasteiger partial charge in [0.05, 0.1) is 49.3 Å². The van der Waals surface area contributed by atoms with Gasteiger partial charge in [-0.2, -0.15) is 0 Å². The highest BCUT2D eigenvalue weighted by Gasteiger charge is 2.55. The molecule has 248 valence electrons. The first-order chi connectivity index (χ1) is 21.7. The Bertz CT molecular complexity index is 995. The van der Waals surface area contributed by atoms with Crippen molar-refractivity contribution in [2.75, 3.05) is 6.54 Å². The van der Waals surface area contributed by atoms with Crippen LogP contribution in [0.15, 0.2) is 0 Å². The van der Waals surface area contributed by atoms with E-state index in [2.05, 4.69) is 54.8 Å². The van der Waals surface area contributed by atoms with Crippen LogP contribution in [0.1, 0.15) is 110 Å². The SMILES string of the molecule is CCCNC1CCCC2C3NC4NC(NC5NC(NC6NC(NC(N3)C12)C1CCCCC61)C1CCCCC51)C1CCCCC41. The summed E-state index contributed by atoms with van der Waals surface area (Å²) in [6.07, 6.45) is 24.8. The van der Waals surface area contributed by atoms with Crippen LogP contribution < -0.4 is 47.9 Å². The fourth-order valence-corrected chi connectivity index (χ4v) is 12.6. The molecule has 9 fully saturated rings. The van der Waals surface area contributed by atoms with Crippen LogP contribution in [0.5, 0.6) is 0 Å². The van der Waals surface area contributed by atoms with E-state index in [-0.39, 0.29) is 0 Å². The van der Waals surface area contributed by atoms with Gasteiger partial charge >= 0.3 is 0 Å². The molecule has 44 heavy (non-hydrogen) atoms. The summed E-state index contributed by atoms with van der Waals surface area (Å²) < 4.78 is 0. The van der Waals surface area contributed by atoms with Crippen LogP contribution in [0.4, 0.5) is 0 Å². The summed E-state index contributed by atoms with van der Waals surface area (Å²) in [5, 5.41) is 38.1. The lowest BCUT2D eigenvalue weighted by Gasteiger charge is -2.40. The van der Waals surface area contributed by atoms with E-state index in [1.807, 2.05) is 0 Å². The van der Waals surface area contributed by atoms with Gasteiger partial charge in [-0.05, 0) is 106 Å². The van der Waals surface area contributed by atoms with E-state index in [4.69, 9.17) is 0 Å². The second-order valence-electron chi connectivity index (χ2n) is 16.7. The molecular formula is C35H63N9. The second-order valence-corrected chi connectivity index (χ2v) is 16.7. The van der Waals surface area contributed by atoms with Gasteiger partial charge in [0.2, 0.25) is 0 Å². The molecule has 4 aliphatic carbocycles. The maximum atomic E-state index is 4.33. The first kappa shape index (κ1) is 29.8. The summed E-state index contributed by atoms with van der Waals surface area (Å²) in [6, 6.07) is 0.599. The molecule has 4 saturated carbocycles. The lowest BCUT2D eigenvalue weighted by Crippen LogP contribution is -2.62. The van der Waals surface area contributed by atoms with Crippen LogP contribution in [-0.2, 0) is 0 Å². The van der Waals surface area contributed by atoms with Crippen molar-refractivity contribution in [1.29, 1.82) is 0 Å². The zero-order chi connectivity index (χ0) is 29.2. The van der Waals surface area contributed by atoms with Gasteiger partial charge in [0, 0.05) is 12.0 Å². The molecule has 17 atom stereocenters. The van der Waals surface area contributed by atoms with Gasteiger partial charge in [-0.1, -0.05) is 51.9 Å². The smallest absolute Gasteiger partial charge is 0.0643 e. The summed E-state index contributed by atoms with van der Waals surface area (Å²) in [5.41, 5.74) is 0. The van der Waals surface area contributed by atoms with Crippen LogP contribution in [0, 0.1) is 47.3 Å². The van der Waals surface area contributed by atoms with E-state index in [1.165, 1.54) is 103 Å². The van der Waals surface area contributed by atoms with E-state index in [9.17, 15) is 0 Å². The van der Waals surface area contributed by atoms with Crippen LogP contribution in [-0.4, -0.2) is 61.9 Å². The van der Waals surface area contributed by atoms with Crippen molar-refractivity contribution in [2.24, 2.45) is 47.3 Å². The number of rotatable bonds is 3. The molecule has 9 nitrogen and oxygen atoms in total. The van der Waals surface area contributed by atoms with Crippen LogP contribution in [0.2, 0.25) is 0 Å². The van der Waals surface area contributed by atoms with Crippen molar-refractivity contribution < 1.29 is 0 Å². The van der Waals surface area contributed by atoms with Crippen LogP contribution >= 0.6 is 0 Å². The molecule has 0 aromatic rings. The molecule has 17 unspecified atom stereocenters. The van der Waals surface area contributed by atoms with Crippen LogP contribution in [0.25, 0.3) is 0 Å². The van der Waals surface area contributed by atoms with E-state index < -0.39 is 0 Å². The average molecular weight is 610 g/mol. The van der Waals surface area contributed by atoms with Gasteiger partial charge in [-0.15, -0.1) is 0 Å². The molecule has 5 heterocycles. The minimum Gasteiger partial charge on any atom is -0.314 e. The Kier molecular flexibility index (Phi) is 8.51. The molecule has 5 aliphatic heterocycles. The summed E-state index contributed by atoms with van der Waals surface area (Å²) in [4.78, 5) is 0. The molecule has 0 amide bonds. The van der Waals surface area contributed by atoms with E-state index in [0.29, 0.717) is 73.1 Å². The van der Waals surface area contributed by atoms with Gasteiger partial charge in [0.15, 0.2) is 0 Å². The van der Waals surface area contributed by atoms with E-state index >= 15 is 0 Å². The zero-order valence-corrected chi connectivity index (χ0v) is 27.3. The topological polar surface area (TPSA) is 108 Å². The van der Waals surface area contributed by atoms with E-state index in [0.717, 1.165) is 36.1 Å². The normalized spacial score (nSPS) is 55.2. The maximum absolute atomic E-state index is 4.33. The predicted octanol–water partition coefficient (Wildman–Crippen LogP) is 2.58. The van der Waals surface area contributed by atoms with Gasteiger partial charge < -0.3 is 5.32 Å². The summed E-state index contributed by atoms with van der Waals surface area (Å²) in [7, 11) is 0. The Labute approximate surface area is 266 Å². The molecule has 9 N–H and O–H groups in total. The summed E-state index contributed by atoms with van der Waals surface area (Å²) in [5.74, 6) is 5.64. The van der Waals surface area contributed by atoms with Crippen molar-refractivity contribution in [3.8, 4) is 0 Å². The molecule has 9 rings (SSSR count). The molecule has 0 spiro atoms. The lowest BCUT2D eigenvalue weighted by atomic mass is 9.74. The fourth-order valence-electron chi connectivity index (χ4n) is 12.6. The van der Waals surface area contributed by atoms with Crippen molar-refractivity contribution in [2.45, 2.75) is 165 Å². The van der Waals surface area contributed by atoms with Gasteiger partial charge in [-0.3, -0.25) is 42.5 Å². The van der Waals surface area contributed by atoms with Gasteiger partial charge in [0.25, 0.3) is 0 Å². The summed E-state index contributed by atoms with van der Waals surface area (Å²) in [6.45, 7) is 3.45. The van der Waals surface area contributed by atoms with Crippen molar-refractivity contribution in [1.82, 2.24) is 47.9 Å². The number of nitrogens with one attached hydrogen (secondary N) is 9. The van der Waals surface area contributed by atoms with Gasteiger partial charge in [0.1, 0.15) is 0 Å². The maximum Gasteiger partial charge on any atom is 0.0643 e. The third-order valence-electron chi connectivity index (χ3n) is 14.5. The quantitative estimate of drug-likeness (QED) is 0.239. The Morgan fingerprint density at radius 1 is 0.386 bits per heavy atom. The molecule has 0 aromatic heterocycles. The molecule has 5 saturated heterocycles. The van der Waals surface area contributed by atoms with Crippen molar-refractivity contribution in [3.63, 3.8) is 0 Å². The van der Waals surface area contributed by atoms with Gasteiger partial charge in [-0.25, -0.2) is 0 Å². The Hall–Kier alpha value is -0.360. The number of hydrogen-bond acceptors (Lipinski definition) is 9.